The number of aromatic nitrogens is 3. The van der Waals surface area contributed by atoms with Crippen LogP contribution in [0.3, 0.4) is 0 Å². The number of carbonyl (C=O) groups excluding carboxylic acids is 1. The van der Waals surface area contributed by atoms with Crippen LogP contribution < -0.4 is 0 Å². The van der Waals surface area contributed by atoms with E-state index in [0.29, 0.717) is 12.2 Å². The number of ether oxygens (including phenoxy) is 1. The largest absolute Gasteiger partial charge is 0.462 e. The summed E-state index contributed by atoms with van der Waals surface area (Å²) >= 11 is 0. The number of aryl methyl sites for hydroxylation is 2. The maximum atomic E-state index is 12.1. The second-order valence-electron chi connectivity index (χ2n) is 5.51. The van der Waals surface area contributed by atoms with Gasteiger partial charge in [-0.2, -0.15) is 5.10 Å². The fourth-order valence-electron chi connectivity index (χ4n) is 2.73. The van der Waals surface area contributed by atoms with Gasteiger partial charge >= 0.3 is 5.97 Å². The van der Waals surface area contributed by atoms with Crippen molar-refractivity contribution in [2.45, 2.75) is 20.3 Å². The summed E-state index contributed by atoms with van der Waals surface area (Å²) in [5, 5.41) is 5.19. The van der Waals surface area contributed by atoms with Gasteiger partial charge in [-0.3, -0.25) is 9.67 Å². The zero-order valence-electron chi connectivity index (χ0n) is 13.5. The fourth-order valence-corrected chi connectivity index (χ4v) is 2.73. The van der Waals surface area contributed by atoms with Crippen LogP contribution in [0.2, 0.25) is 0 Å². The molecular weight excluding hydrogens is 290 g/mol. The van der Waals surface area contributed by atoms with E-state index in [1.165, 1.54) is 0 Å². The molecule has 0 unspecified atom stereocenters. The summed E-state index contributed by atoms with van der Waals surface area (Å²) in [6.45, 7) is 4.14. The third-order valence-corrected chi connectivity index (χ3v) is 3.79. The van der Waals surface area contributed by atoms with E-state index in [-0.39, 0.29) is 5.97 Å². The van der Waals surface area contributed by atoms with Crippen LogP contribution in [-0.2, 0) is 18.2 Å². The zero-order chi connectivity index (χ0) is 16.4. The van der Waals surface area contributed by atoms with E-state index >= 15 is 0 Å². The monoisotopic (exact) mass is 309 g/mol. The van der Waals surface area contributed by atoms with Crippen molar-refractivity contribution in [3.05, 3.63) is 59.0 Å². The van der Waals surface area contributed by atoms with Crippen LogP contribution in [0.1, 0.15) is 34.2 Å². The van der Waals surface area contributed by atoms with Gasteiger partial charge in [-0.25, -0.2) is 4.79 Å². The summed E-state index contributed by atoms with van der Waals surface area (Å²) in [6.07, 6.45) is 2.39. The fraction of sp³-hybridized carbons (Fsp3) is 0.278. The molecule has 5 nitrogen and oxygen atoms in total. The first-order valence-electron chi connectivity index (χ1n) is 7.62. The Bertz CT molecular complexity index is 868. The van der Waals surface area contributed by atoms with Crippen LogP contribution in [0.5, 0.6) is 0 Å². The number of pyridine rings is 1. The summed E-state index contributed by atoms with van der Waals surface area (Å²) in [7, 11) is 1.94. The Morgan fingerprint density at radius 1 is 1.26 bits per heavy atom. The van der Waals surface area contributed by atoms with Crippen molar-refractivity contribution in [2.24, 2.45) is 7.05 Å². The first kappa shape index (κ1) is 15.2. The lowest BCUT2D eigenvalue weighted by Gasteiger charge is -2.08. The lowest BCUT2D eigenvalue weighted by Crippen LogP contribution is -2.06. The third-order valence-electron chi connectivity index (χ3n) is 3.79. The Kier molecular flexibility index (Phi) is 4.10. The molecule has 0 spiro atoms. The summed E-state index contributed by atoms with van der Waals surface area (Å²) in [4.78, 5) is 16.5. The molecule has 3 rings (SSSR count). The molecule has 0 aliphatic heterocycles. The van der Waals surface area contributed by atoms with Gasteiger partial charge in [0.2, 0.25) is 0 Å². The maximum Gasteiger partial charge on any atom is 0.338 e. The van der Waals surface area contributed by atoms with Gasteiger partial charge in [-0.05, 0) is 43.7 Å². The minimum atomic E-state index is -0.312. The Morgan fingerprint density at radius 2 is 2.09 bits per heavy atom. The highest BCUT2D eigenvalue weighted by Crippen LogP contribution is 2.21. The highest BCUT2D eigenvalue weighted by Gasteiger charge is 2.12. The summed E-state index contributed by atoms with van der Waals surface area (Å²) in [5.41, 5.74) is 4.58. The Morgan fingerprint density at radius 3 is 2.78 bits per heavy atom. The highest BCUT2D eigenvalue weighted by molar-refractivity contribution is 6.03. The molecule has 3 aromatic rings. The number of hydrogen-bond donors (Lipinski definition) is 0. The lowest BCUT2D eigenvalue weighted by atomic mass is 10.0. The smallest absolute Gasteiger partial charge is 0.338 e. The van der Waals surface area contributed by atoms with Gasteiger partial charge in [0.1, 0.15) is 0 Å². The van der Waals surface area contributed by atoms with E-state index in [9.17, 15) is 4.79 Å². The third kappa shape index (κ3) is 3.08. The molecule has 0 radical (unpaired) electrons. The normalized spacial score (nSPS) is 10.9. The molecule has 23 heavy (non-hydrogen) atoms. The molecule has 2 heterocycles. The average molecular weight is 309 g/mol. The average Bonchev–Trinajstić information content (AvgIpc) is 2.84. The molecule has 2 aromatic heterocycles. The minimum Gasteiger partial charge on any atom is -0.462 e. The molecule has 0 aliphatic carbocycles. The van der Waals surface area contributed by atoms with Crippen molar-refractivity contribution in [2.75, 3.05) is 6.61 Å². The standard InChI is InChI=1S/C18H19N3O2/c1-4-23-18(22)15-7-8-19-17-6-5-13(11-16(15)17)10-14-9-12(2)20-21(14)3/h5-9,11H,4,10H2,1-3H3. The van der Waals surface area contributed by atoms with E-state index in [2.05, 4.69) is 16.1 Å². The molecule has 0 atom stereocenters. The van der Waals surface area contributed by atoms with Crippen LogP contribution in [0.4, 0.5) is 0 Å². The molecule has 0 saturated heterocycles. The van der Waals surface area contributed by atoms with Gasteiger partial charge in [0, 0.05) is 30.7 Å². The number of hydrogen-bond acceptors (Lipinski definition) is 4. The predicted molar refractivity (Wildman–Crippen MR) is 88.5 cm³/mol. The Labute approximate surface area is 134 Å². The zero-order valence-corrected chi connectivity index (χ0v) is 13.5. The molecule has 0 saturated carbocycles. The van der Waals surface area contributed by atoms with Crippen molar-refractivity contribution in [1.29, 1.82) is 0 Å². The Hall–Kier alpha value is -2.69. The number of carbonyl (C=O) groups is 1. The van der Waals surface area contributed by atoms with Crippen LogP contribution in [0, 0.1) is 6.92 Å². The van der Waals surface area contributed by atoms with Crippen molar-refractivity contribution in [3.8, 4) is 0 Å². The number of esters is 1. The lowest BCUT2D eigenvalue weighted by molar-refractivity contribution is 0.0528. The number of nitrogens with zero attached hydrogens (tertiary/aromatic N) is 3. The van der Waals surface area contributed by atoms with Gasteiger partial charge in [0.05, 0.1) is 23.4 Å². The quantitative estimate of drug-likeness (QED) is 0.695. The van der Waals surface area contributed by atoms with Gasteiger partial charge in [-0.15, -0.1) is 0 Å². The van der Waals surface area contributed by atoms with Crippen molar-refractivity contribution >= 4 is 16.9 Å². The molecular formula is C18H19N3O2. The number of fused-ring (bicyclic) bond motifs is 1. The number of rotatable bonds is 4. The SMILES string of the molecule is CCOC(=O)c1ccnc2ccc(Cc3cc(C)nn3C)cc12. The first-order chi connectivity index (χ1) is 11.1. The van der Waals surface area contributed by atoms with E-state index in [1.54, 1.807) is 19.2 Å². The maximum absolute atomic E-state index is 12.1. The second-order valence-corrected chi connectivity index (χ2v) is 5.51. The Balaban J connectivity index is 2.01. The topological polar surface area (TPSA) is 57.0 Å². The van der Waals surface area contributed by atoms with E-state index in [4.69, 9.17) is 4.74 Å². The van der Waals surface area contributed by atoms with Gasteiger partial charge in [0.15, 0.2) is 0 Å². The van der Waals surface area contributed by atoms with Gasteiger partial charge in [-0.1, -0.05) is 6.07 Å². The van der Waals surface area contributed by atoms with E-state index in [0.717, 1.165) is 34.3 Å². The van der Waals surface area contributed by atoms with Gasteiger partial charge < -0.3 is 4.74 Å². The van der Waals surface area contributed by atoms with Crippen LogP contribution in [0.25, 0.3) is 10.9 Å². The molecule has 0 fully saturated rings. The molecule has 0 N–H and O–H groups in total. The van der Waals surface area contributed by atoms with Crippen molar-refractivity contribution in [3.63, 3.8) is 0 Å². The number of benzene rings is 1. The molecule has 0 amide bonds. The van der Waals surface area contributed by atoms with Gasteiger partial charge in [0.25, 0.3) is 0 Å². The van der Waals surface area contributed by atoms with Crippen LogP contribution in [0.15, 0.2) is 36.5 Å². The highest BCUT2D eigenvalue weighted by atomic mass is 16.5. The molecule has 0 bridgehead atoms. The van der Waals surface area contributed by atoms with Crippen molar-refractivity contribution < 1.29 is 9.53 Å². The molecule has 118 valence electrons. The second kappa shape index (κ2) is 6.20. The molecule has 5 heteroatoms. The minimum absolute atomic E-state index is 0.312. The van der Waals surface area contributed by atoms with Crippen LogP contribution >= 0.6 is 0 Å². The summed E-state index contributed by atoms with van der Waals surface area (Å²) in [6, 6.07) is 9.76. The summed E-state index contributed by atoms with van der Waals surface area (Å²) < 4.78 is 7.02. The predicted octanol–water partition coefficient (Wildman–Crippen LogP) is 3.04. The molecule has 1 aromatic carbocycles. The van der Waals surface area contributed by atoms with Crippen molar-refractivity contribution in [1.82, 2.24) is 14.8 Å². The summed E-state index contributed by atoms with van der Waals surface area (Å²) in [5.74, 6) is -0.312. The van der Waals surface area contributed by atoms with Crippen LogP contribution in [-0.4, -0.2) is 27.3 Å². The molecule has 0 aliphatic rings. The first-order valence-corrected chi connectivity index (χ1v) is 7.62. The van der Waals surface area contributed by atoms with E-state index in [1.807, 2.05) is 36.9 Å². The van der Waals surface area contributed by atoms with E-state index < -0.39 is 0 Å².